The van der Waals surface area contributed by atoms with Crippen molar-refractivity contribution in [2.45, 2.75) is 43.6 Å². The summed E-state index contributed by atoms with van der Waals surface area (Å²) in [5.74, 6) is 0.445. The first-order valence-electron chi connectivity index (χ1n) is 7.52. The second kappa shape index (κ2) is 5.79. The van der Waals surface area contributed by atoms with Crippen molar-refractivity contribution in [3.05, 3.63) is 33.8 Å². The fourth-order valence-corrected chi connectivity index (χ4v) is 3.69. The van der Waals surface area contributed by atoms with Gasteiger partial charge >= 0.3 is 0 Å². The van der Waals surface area contributed by atoms with Crippen molar-refractivity contribution in [3.63, 3.8) is 0 Å². The van der Waals surface area contributed by atoms with Crippen LogP contribution in [0.25, 0.3) is 0 Å². The van der Waals surface area contributed by atoms with E-state index in [1.54, 1.807) is 6.07 Å². The normalized spacial score (nSPS) is 26.6. The van der Waals surface area contributed by atoms with Gasteiger partial charge in [0.2, 0.25) is 5.91 Å². The van der Waals surface area contributed by atoms with Crippen LogP contribution in [-0.2, 0) is 4.79 Å². The van der Waals surface area contributed by atoms with Crippen LogP contribution in [0, 0.1) is 5.92 Å². The minimum Gasteiger partial charge on any atom is -0.349 e. The molecule has 0 bridgehead atoms. The van der Waals surface area contributed by atoms with Gasteiger partial charge in [0.1, 0.15) is 0 Å². The summed E-state index contributed by atoms with van der Waals surface area (Å²) in [6.07, 6.45) is 5.18. The third-order valence-electron chi connectivity index (χ3n) is 4.84. The zero-order chi connectivity index (χ0) is 15.0. The van der Waals surface area contributed by atoms with Crippen LogP contribution in [0.2, 0.25) is 10.0 Å². The SMILES string of the molecule is NCC1(NC(=O)C2CC2c2ccc(Cl)c(Cl)c2)CCCC1. The number of rotatable bonds is 4. The molecule has 1 aromatic rings. The molecule has 2 aliphatic carbocycles. The van der Waals surface area contributed by atoms with Crippen LogP contribution in [-0.4, -0.2) is 18.0 Å². The number of hydrogen-bond donors (Lipinski definition) is 2. The largest absolute Gasteiger partial charge is 0.349 e. The van der Waals surface area contributed by atoms with Gasteiger partial charge in [-0.3, -0.25) is 4.79 Å². The molecular weight excluding hydrogens is 307 g/mol. The Bertz CT molecular complexity index is 555. The van der Waals surface area contributed by atoms with Gasteiger partial charge in [-0.05, 0) is 42.9 Å². The van der Waals surface area contributed by atoms with E-state index in [4.69, 9.17) is 28.9 Å². The molecule has 2 unspecified atom stereocenters. The molecule has 21 heavy (non-hydrogen) atoms. The molecule has 0 aromatic heterocycles. The number of amides is 1. The summed E-state index contributed by atoms with van der Waals surface area (Å²) in [6.45, 7) is 0.531. The Hall–Kier alpha value is -0.770. The van der Waals surface area contributed by atoms with Crippen molar-refractivity contribution in [1.29, 1.82) is 0 Å². The van der Waals surface area contributed by atoms with E-state index < -0.39 is 0 Å². The van der Waals surface area contributed by atoms with Crippen LogP contribution in [0.5, 0.6) is 0 Å². The van der Waals surface area contributed by atoms with E-state index in [2.05, 4.69) is 5.32 Å². The molecule has 0 spiro atoms. The van der Waals surface area contributed by atoms with E-state index in [0.29, 0.717) is 16.6 Å². The molecule has 0 aliphatic heterocycles. The molecule has 2 aliphatic rings. The number of carbonyl (C=O) groups is 1. The van der Waals surface area contributed by atoms with Gasteiger partial charge < -0.3 is 11.1 Å². The first-order valence-corrected chi connectivity index (χ1v) is 8.27. The number of nitrogens with two attached hydrogens (primary N) is 1. The molecule has 0 heterocycles. The molecule has 3 nitrogen and oxygen atoms in total. The van der Waals surface area contributed by atoms with Crippen molar-refractivity contribution in [2.24, 2.45) is 11.7 Å². The number of hydrogen-bond acceptors (Lipinski definition) is 2. The highest BCUT2D eigenvalue weighted by Gasteiger charge is 2.46. The van der Waals surface area contributed by atoms with Gasteiger partial charge in [-0.15, -0.1) is 0 Å². The van der Waals surface area contributed by atoms with Crippen molar-refractivity contribution in [2.75, 3.05) is 6.54 Å². The molecule has 2 atom stereocenters. The van der Waals surface area contributed by atoms with E-state index in [1.165, 1.54) is 0 Å². The molecule has 3 N–H and O–H groups in total. The number of carbonyl (C=O) groups excluding carboxylic acids is 1. The van der Waals surface area contributed by atoms with Crippen molar-refractivity contribution in [3.8, 4) is 0 Å². The van der Waals surface area contributed by atoms with E-state index in [9.17, 15) is 4.79 Å². The number of halogens is 2. The molecule has 3 rings (SSSR count). The van der Waals surface area contributed by atoms with Crippen LogP contribution < -0.4 is 11.1 Å². The molecule has 1 amide bonds. The lowest BCUT2D eigenvalue weighted by Crippen LogP contribution is -2.52. The maximum Gasteiger partial charge on any atom is 0.224 e. The van der Waals surface area contributed by atoms with Gasteiger partial charge in [0.05, 0.1) is 15.6 Å². The molecule has 114 valence electrons. The highest BCUT2D eigenvalue weighted by molar-refractivity contribution is 6.42. The fourth-order valence-electron chi connectivity index (χ4n) is 3.38. The Morgan fingerprint density at radius 2 is 2.00 bits per heavy atom. The minimum absolute atomic E-state index is 0.0475. The van der Waals surface area contributed by atoms with E-state index in [1.807, 2.05) is 12.1 Å². The lowest BCUT2D eigenvalue weighted by Gasteiger charge is -2.28. The highest BCUT2D eigenvalue weighted by Crippen LogP contribution is 2.49. The van der Waals surface area contributed by atoms with E-state index in [-0.39, 0.29) is 23.3 Å². The molecule has 0 radical (unpaired) electrons. The molecule has 2 saturated carbocycles. The Labute approximate surface area is 135 Å². The zero-order valence-corrected chi connectivity index (χ0v) is 13.4. The zero-order valence-electron chi connectivity index (χ0n) is 11.9. The third-order valence-corrected chi connectivity index (χ3v) is 5.58. The monoisotopic (exact) mass is 326 g/mol. The van der Waals surface area contributed by atoms with Gasteiger partial charge in [-0.1, -0.05) is 42.1 Å². The first kappa shape index (κ1) is 15.1. The van der Waals surface area contributed by atoms with Crippen LogP contribution in [0.4, 0.5) is 0 Å². The third kappa shape index (κ3) is 3.05. The topological polar surface area (TPSA) is 55.1 Å². The smallest absolute Gasteiger partial charge is 0.224 e. The molecule has 0 saturated heterocycles. The summed E-state index contributed by atoms with van der Waals surface area (Å²) < 4.78 is 0. The van der Waals surface area contributed by atoms with E-state index in [0.717, 1.165) is 37.7 Å². The number of nitrogens with one attached hydrogen (secondary N) is 1. The van der Waals surface area contributed by atoms with E-state index >= 15 is 0 Å². The highest BCUT2D eigenvalue weighted by atomic mass is 35.5. The maximum absolute atomic E-state index is 12.4. The van der Waals surface area contributed by atoms with Crippen LogP contribution in [0.1, 0.15) is 43.6 Å². The molecule has 5 heteroatoms. The van der Waals surface area contributed by atoms with Crippen molar-refractivity contribution < 1.29 is 4.79 Å². The van der Waals surface area contributed by atoms with Gasteiger partial charge in [0, 0.05) is 12.5 Å². The summed E-state index contributed by atoms with van der Waals surface area (Å²) in [5, 5.41) is 4.31. The number of benzene rings is 1. The van der Waals surface area contributed by atoms with Crippen molar-refractivity contribution >= 4 is 29.1 Å². The van der Waals surface area contributed by atoms with Gasteiger partial charge in [0.25, 0.3) is 0 Å². The van der Waals surface area contributed by atoms with Crippen LogP contribution in [0.3, 0.4) is 0 Å². The Morgan fingerprint density at radius 1 is 1.29 bits per heavy atom. The maximum atomic E-state index is 12.4. The van der Waals surface area contributed by atoms with Gasteiger partial charge in [-0.2, -0.15) is 0 Å². The summed E-state index contributed by atoms with van der Waals surface area (Å²) >= 11 is 12.0. The molecular formula is C16H20Cl2N2O. The second-order valence-electron chi connectivity index (χ2n) is 6.30. The standard InChI is InChI=1S/C16H20Cl2N2O/c17-13-4-3-10(7-14(13)18)11-8-12(11)15(21)20-16(9-19)5-1-2-6-16/h3-4,7,11-12H,1-2,5-6,8-9,19H2,(H,20,21). The predicted octanol–water partition coefficient (Wildman–Crippen LogP) is 3.48. The Kier molecular flexibility index (Phi) is 4.17. The lowest BCUT2D eigenvalue weighted by atomic mass is 9.97. The second-order valence-corrected chi connectivity index (χ2v) is 7.12. The summed E-state index contributed by atoms with van der Waals surface area (Å²) in [5.41, 5.74) is 6.80. The Balaban J connectivity index is 1.64. The summed E-state index contributed by atoms with van der Waals surface area (Å²) in [4.78, 5) is 12.4. The average molecular weight is 327 g/mol. The fraction of sp³-hybridized carbons (Fsp3) is 0.562. The summed E-state index contributed by atoms with van der Waals surface area (Å²) in [6, 6.07) is 5.63. The first-order chi connectivity index (χ1) is 10.0. The summed E-state index contributed by atoms with van der Waals surface area (Å²) in [7, 11) is 0. The van der Waals surface area contributed by atoms with Gasteiger partial charge in [0.15, 0.2) is 0 Å². The predicted molar refractivity (Wildman–Crippen MR) is 85.7 cm³/mol. The van der Waals surface area contributed by atoms with Crippen molar-refractivity contribution in [1.82, 2.24) is 5.32 Å². The molecule has 1 aromatic carbocycles. The van der Waals surface area contributed by atoms with Gasteiger partial charge in [-0.25, -0.2) is 0 Å². The average Bonchev–Trinajstić information content (AvgIpc) is 3.15. The quantitative estimate of drug-likeness (QED) is 0.889. The Morgan fingerprint density at radius 3 is 2.62 bits per heavy atom. The van der Waals surface area contributed by atoms with Crippen LogP contribution in [0.15, 0.2) is 18.2 Å². The molecule has 2 fully saturated rings. The van der Waals surface area contributed by atoms with Crippen LogP contribution >= 0.6 is 23.2 Å². The minimum atomic E-state index is -0.165. The lowest BCUT2D eigenvalue weighted by molar-refractivity contribution is -0.124.